The van der Waals surface area contributed by atoms with E-state index < -0.39 is 76.3 Å². The Hall–Kier alpha value is 1.71. The van der Waals surface area contributed by atoms with Gasteiger partial charge in [-0.3, -0.25) is 29.5 Å². The number of carbonyl (C=O) groups excluding carboxylic acids is 2. The summed E-state index contributed by atoms with van der Waals surface area (Å²) in [5, 5.41) is 29.0. The number of hydrogen-bond acceptors (Lipinski definition) is 9. The molecule has 0 bridgehead atoms. The first-order valence-corrected chi connectivity index (χ1v) is 18.6. The van der Waals surface area contributed by atoms with Gasteiger partial charge in [-0.25, -0.2) is 0 Å². The van der Waals surface area contributed by atoms with Crippen LogP contribution in [0, 0.1) is 11.8 Å². The van der Waals surface area contributed by atoms with Crippen molar-refractivity contribution in [1.29, 1.82) is 0 Å². The van der Waals surface area contributed by atoms with Crippen molar-refractivity contribution >= 4 is 33.9 Å². The maximum absolute atomic E-state index is 12.6. The van der Waals surface area contributed by atoms with Crippen LogP contribution in [0.3, 0.4) is 0 Å². The van der Waals surface area contributed by atoms with Crippen LogP contribution >= 0.6 is 0 Å². The minimum absolute atomic E-state index is 0. The Kier molecular flexibility index (Phi) is 45.9. The van der Waals surface area contributed by atoms with E-state index in [1.165, 1.54) is 25.7 Å². The smallest absolute Gasteiger partial charge is 1.00 e. The molecule has 0 saturated carbocycles. The topological polar surface area (TPSA) is 231 Å². The van der Waals surface area contributed by atoms with Crippen LogP contribution in [0.15, 0.2) is 0 Å². The molecule has 0 saturated heterocycles. The van der Waals surface area contributed by atoms with Crippen molar-refractivity contribution in [3.63, 3.8) is 0 Å². The van der Waals surface area contributed by atoms with E-state index in [-0.39, 0.29) is 137 Å². The molecule has 0 fully saturated rings. The van der Waals surface area contributed by atoms with Gasteiger partial charge in [0.15, 0.2) is 11.5 Å². The molecular weight excluding hydrogens is 712 g/mol. The molecule has 0 aliphatic heterocycles. The fourth-order valence-electron chi connectivity index (χ4n) is 5.35. The molecule has 0 aliphatic carbocycles. The van der Waals surface area contributed by atoms with E-state index in [2.05, 4.69) is 13.8 Å². The molecule has 50 heavy (non-hydrogen) atoms. The summed E-state index contributed by atoms with van der Waals surface area (Å²) in [4.78, 5) is 48.4. The Balaban J connectivity index is -0.000000362. The second kappa shape index (κ2) is 37.6. The normalized spacial score (nSPS) is 13.8. The number of carboxylic acids is 2. The zero-order valence-electron chi connectivity index (χ0n) is 35.9. The number of esters is 1. The van der Waals surface area contributed by atoms with Gasteiger partial charge in [0.2, 0.25) is 5.91 Å². The second-order valence-corrected chi connectivity index (χ2v) is 13.9. The molecule has 18 heteroatoms. The molecule has 1 amide bonds. The number of aliphatic hydroxyl groups excluding tert-OH is 1. The number of amides is 1. The van der Waals surface area contributed by atoms with Crippen molar-refractivity contribution in [3.8, 4) is 0 Å². The van der Waals surface area contributed by atoms with Gasteiger partial charge >= 0.3 is 136 Å². The standard InChI is InChI=1S/C32H60N2O11S.4Na.4H/c1-3-5-7-9-11-13-15-17-19-24(31(38)39)21-27(33)45-29(36)23-26(46(42,43)44)30(37)34-28(35)22-25(32(40)41)20-18-16-14-12-10-8-6-4-2;;;;;;;;/h24-28,35H,3-23,33H2,1-2H3,(H,34,37)(H,38,39)(H,40,41)(H,42,43,44);;;;;;;;/q;4*+1;4*-1. The molecule has 0 radical (unpaired) electrons. The van der Waals surface area contributed by atoms with Crippen LogP contribution < -0.4 is 129 Å². The average molecular weight is 777 g/mol. The van der Waals surface area contributed by atoms with Crippen molar-refractivity contribution in [1.82, 2.24) is 5.32 Å². The average Bonchev–Trinajstić information content (AvgIpc) is 2.96. The fraction of sp³-hybridized carbons (Fsp3) is 0.875. The number of carbonyl (C=O) groups is 4. The number of nitrogens with one attached hydrogen (secondary N) is 1. The van der Waals surface area contributed by atoms with Gasteiger partial charge in [0.05, 0.1) is 18.3 Å². The molecule has 13 nitrogen and oxygen atoms in total. The molecule has 0 aromatic carbocycles. The number of nitrogens with two attached hydrogens (primary N) is 1. The third-order valence-electron chi connectivity index (χ3n) is 8.13. The van der Waals surface area contributed by atoms with Crippen molar-refractivity contribution in [2.75, 3.05) is 0 Å². The predicted octanol–water partition coefficient (Wildman–Crippen LogP) is -6.40. The maximum atomic E-state index is 12.6. The minimum Gasteiger partial charge on any atom is -1.00 e. The van der Waals surface area contributed by atoms with Gasteiger partial charge in [0.1, 0.15) is 6.23 Å². The van der Waals surface area contributed by atoms with E-state index in [9.17, 15) is 47.5 Å². The molecule has 0 aromatic heterocycles. The molecule has 0 heterocycles. The molecule has 7 N–H and O–H groups in total. The number of rotatable bonds is 30. The summed E-state index contributed by atoms with van der Waals surface area (Å²) >= 11 is 0. The molecule has 0 aliphatic rings. The van der Waals surface area contributed by atoms with Crippen molar-refractivity contribution in [2.45, 2.75) is 166 Å². The first kappa shape index (κ1) is 60.9. The van der Waals surface area contributed by atoms with Gasteiger partial charge in [0, 0.05) is 12.8 Å². The Morgan fingerprint density at radius 1 is 0.680 bits per heavy atom. The molecule has 0 spiro atoms. The number of unbranched alkanes of at least 4 members (excludes halogenated alkanes) is 14. The molecule has 0 rings (SSSR count). The monoisotopic (exact) mass is 776 g/mol. The van der Waals surface area contributed by atoms with Gasteiger partial charge in [-0.15, -0.1) is 0 Å². The van der Waals surface area contributed by atoms with Crippen LogP contribution in [0.2, 0.25) is 0 Å². The summed E-state index contributed by atoms with van der Waals surface area (Å²) in [6.07, 6.45) is 11.9. The van der Waals surface area contributed by atoms with Gasteiger partial charge in [-0.2, -0.15) is 8.42 Å². The minimum atomic E-state index is -5.15. The van der Waals surface area contributed by atoms with Crippen LogP contribution in [-0.4, -0.2) is 69.8 Å². The molecule has 5 atom stereocenters. The summed E-state index contributed by atoms with van der Waals surface area (Å²) < 4.78 is 38.4. The van der Waals surface area contributed by atoms with Crippen LogP contribution in [0.4, 0.5) is 0 Å². The van der Waals surface area contributed by atoms with Crippen molar-refractivity contribution < 1.29 is 176 Å². The number of aliphatic carboxylic acids is 2. The summed E-state index contributed by atoms with van der Waals surface area (Å²) in [5.74, 6) is -6.88. The van der Waals surface area contributed by atoms with Crippen LogP contribution in [0.25, 0.3) is 0 Å². The Labute approximate surface area is 394 Å². The molecule has 0 aromatic rings. The first-order valence-electron chi connectivity index (χ1n) is 17.1. The van der Waals surface area contributed by atoms with E-state index in [0.717, 1.165) is 64.2 Å². The van der Waals surface area contributed by atoms with Crippen LogP contribution in [0.1, 0.15) is 154 Å². The number of aliphatic hydroxyl groups is 1. The summed E-state index contributed by atoms with van der Waals surface area (Å²) in [7, 11) is -5.15. The molecule has 5 unspecified atom stereocenters. The quantitative estimate of drug-likeness (QED) is 0.0132. The van der Waals surface area contributed by atoms with Gasteiger partial charge < -0.3 is 31.1 Å². The van der Waals surface area contributed by atoms with E-state index in [1.54, 1.807) is 0 Å². The van der Waals surface area contributed by atoms with E-state index in [4.69, 9.17) is 10.5 Å². The van der Waals surface area contributed by atoms with Gasteiger partial charge in [0.25, 0.3) is 10.1 Å². The van der Waals surface area contributed by atoms with Gasteiger partial charge in [-0.05, 0) is 12.8 Å². The Bertz CT molecular complexity index is 1020. The maximum Gasteiger partial charge on any atom is 1.00 e. The third-order valence-corrected chi connectivity index (χ3v) is 9.23. The van der Waals surface area contributed by atoms with E-state index >= 15 is 0 Å². The Morgan fingerprint density at radius 2 is 1.04 bits per heavy atom. The summed E-state index contributed by atoms with van der Waals surface area (Å²) in [6, 6.07) is 0. The predicted molar refractivity (Wildman–Crippen MR) is 179 cm³/mol. The Morgan fingerprint density at radius 3 is 1.40 bits per heavy atom. The van der Waals surface area contributed by atoms with Crippen LogP contribution in [0.5, 0.6) is 0 Å². The van der Waals surface area contributed by atoms with Crippen molar-refractivity contribution in [3.05, 3.63) is 0 Å². The fourth-order valence-corrected chi connectivity index (χ4v) is 6.03. The molecular formula is C32H64N2Na4O11S. The summed E-state index contributed by atoms with van der Waals surface area (Å²) in [6.45, 7) is 4.28. The van der Waals surface area contributed by atoms with Gasteiger partial charge in [-0.1, -0.05) is 117 Å². The number of carboxylic acid groups (broad SMARTS) is 2. The van der Waals surface area contributed by atoms with Crippen molar-refractivity contribution in [2.24, 2.45) is 17.6 Å². The van der Waals surface area contributed by atoms with Crippen LogP contribution in [-0.2, 0) is 34.0 Å². The largest absolute Gasteiger partial charge is 1.00 e. The SMILES string of the molecule is CCCCCCCCCCC(CC(O)NC(=O)C(CC(=O)OC(N)CC(CCCCCCCCCC)C(=O)O)S(=O)(=O)O)C(=O)O.[H-].[H-].[H-].[H-].[Na+].[Na+].[Na+].[Na+]. The number of hydrogen-bond donors (Lipinski definition) is 6. The van der Waals surface area contributed by atoms with E-state index in [0.29, 0.717) is 19.3 Å². The van der Waals surface area contributed by atoms with E-state index in [1.807, 2.05) is 5.32 Å². The first-order chi connectivity index (χ1) is 21.7. The molecule has 278 valence electrons. The third kappa shape index (κ3) is 33.1. The zero-order valence-corrected chi connectivity index (χ0v) is 40.7. The zero-order chi connectivity index (χ0) is 35.0. The second-order valence-electron chi connectivity index (χ2n) is 12.3. The summed E-state index contributed by atoms with van der Waals surface area (Å²) in [5.41, 5.74) is 5.81. The number of ether oxygens (including phenoxy) is 1.